The van der Waals surface area contributed by atoms with Crippen LogP contribution in [0.1, 0.15) is 22.4 Å². The molecular formula is C20H26ClNO4S2. The summed E-state index contributed by atoms with van der Waals surface area (Å²) in [5, 5.41) is 13.3. The fraction of sp³-hybridized carbons (Fsp3) is 0.500. The first kappa shape index (κ1) is 21.6. The van der Waals surface area contributed by atoms with Crippen molar-refractivity contribution in [1.29, 1.82) is 0 Å². The van der Waals surface area contributed by atoms with E-state index in [-0.39, 0.29) is 24.2 Å². The smallest absolute Gasteiger partial charge is 0.151 e. The van der Waals surface area contributed by atoms with E-state index in [1.807, 2.05) is 18.4 Å². The highest BCUT2D eigenvalue weighted by Gasteiger charge is 2.33. The fourth-order valence-corrected chi connectivity index (χ4v) is 6.19. The van der Waals surface area contributed by atoms with Crippen molar-refractivity contribution in [3.8, 4) is 5.75 Å². The predicted octanol–water partition coefficient (Wildman–Crippen LogP) is 3.45. The molecule has 8 heteroatoms. The third-order valence-electron chi connectivity index (χ3n) is 5.06. The van der Waals surface area contributed by atoms with Gasteiger partial charge in [-0.05, 0) is 61.0 Å². The first-order valence-electron chi connectivity index (χ1n) is 9.28. The van der Waals surface area contributed by atoms with Crippen LogP contribution in [0.5, 0.6) is 5.75 Å². The van der Waals surface area contributed by atoms with E-state index in [2.05, 4.69) is 17.9 Å². The van der Waals surface area contributed by atoms with E-state index in [1.54, 1.807) is 23.5 Å². The molecule has 1 aliphatic heterocycles. The molecule has 1 aromatic carbocycles. The third-order valence-corrected chi connectivity index (χ3v) is 8.24. The SMILES string of the molecule is Cc1cc(OCC(O)CN(Cc2sccc2C)C2CCS(=O)(=O)C2)ccc1Cl. The standard InChI is InChI=1S/C20H26ClNO4S2/c1-14-5-7-27-20(14)11-22(16-6-8-28(24,25)13-16)10-17(23)12-26-18-3-4-19(21)15(2)9-18/h3-5,7,9,16-17,23H,6,8,10-13H2,1-2H3. The first-order valence-corrected chi connectivity index (χ1v) is 12.4. The number of ether oxygens (including phenoxy) is 1. The maximum absolute atomic E-state index is 11.9. The molecule has 2 atom stereocenters. The molecular weight excluding hydrogens is 418 g/mol. The number of aliphatic hydroxyl groups excluding tert-OH is 1. The van der Waals surface area contributed by atoms with Crippen LogP contribution in [0.2, 0.25) is 5.02 Å². The molecule has 1 N–H and O–H groups in total. The van der Waals surface area contributed by atoms with Gasteiger partial charge in [-0.2, -0.15) is 0 Å². The molecule has 0 spiro atoms. The molecule has 2 aromatic rings. The van der Waals surface area contributed by atoms with Crippen molar-refractivity contribution in [2.75, 3.05) is 24.7 Å². The second kappa shape index (κ2) is 9.13. The van der Waals surface area contributed by atoms with Crippen molar-refractivity contribution in [1.82, 2.24) is 4.90 Å². The van der Waals surface area contributed by atoms with Crippen molar-refractivity contribution in [2.45, 2.75) is 39.0 Å². The summed E-state index contributed by atoms with van der Waals surface area (Å²) in [6.07, 6.45) is -0.115. The Hall–Kier alpha value is -1.12. The summed E-state index contributed by atoms with van der Waals surface area (Å²) in [6.45, 7) is 5.10. The van der Waals surface area contributed by atoms with Crippen molar-refractivity contribution < 1.29 is 18.3 Å². The number of hydrogen-bond donors (Lipinski definition) is 1. The van der Waals surface area contributed by atoms with Gasteiger partial charge in [-0.25, -0.2) is 8.42 Å². The second-order valence-electron chi connectivity index (χ2n) is 7.39. The summed E-state index contributed by atoms with van der Waals surface area (Å²) in [7, 11) is -2.99. The van der Waals surface area contributed by atoms with Crippen molar-refractivity contribution in [2.24, 2.45) is 0 Å². The second-order valence-corrected chi connectivity index (χ2v) is 11.0. The van der Waals surface area contributed by atoms with Crippen LogP contribution in [0, 0.1) is 13.8 Å². The summed E-state index contributed by atoms with van der Waals surface area (Å²) in [5.74, 6) is 1.03. The Bertz CT molecular complexity index is 913. The minimum atomic E-state index is -2.99. The van der Waals surface area contributed by atoms with Gasteiger partial charge in [-0.1, -0.05) is 11.6 Å². The van der Waals surface area contributed by atoms with Crippen LogP contribution in [0.15, 0.2) is 29.6 Å². The zero-order valence-corrected chi connectivity index (χ0v) is 18.5. The lowest BCUT2D eigenvalue weighted by Crippen LogP contribution is -2.42. The molecule has 1 fully saturated rings. The largest absolute Gasteiger partial charge is 0.491 e. The third kappa shape index (κ3) is 5.70. The summed E-state index contributed by atoms with van der Waals surface area (Å²) < 4.78 is 29.6. The zero-order valence-electron chi connectivity index (χ0n) is 16.1. The van der Waals surface area contributed by atoms with Gasteiger partial charge >= 0.3 is 0 Å². The lowest BCUT2D eigenvalue weighted by atomic mass is 10.1. The Morgan fingerprint density at radius 3 is 2.71 bits per heavy atom. The van der Waals surface area contributed by atoms with E-state index >= 15 is 0 Å². The number of nitrogens with zero attached hydrogens (tertiary/aromatic N) is 1. The minimum absolute atomic E-state index is 0.0704. The number of rotatable bonds is 8. The van der Waals surface area contributed by atoms with Gasteiger partial charge in [0.2, 0.25) is 0 Å². The number of sulfone groups is 1. The summed E-state index contributed by atoms with van der Waals surface area (Å²) in [6, 6.07) is 7.38. The molecule has 3 rings (SSSR count). The highest BCUT2D eigenvalue weighted by Crippen LogP contribution is 2.25. The van der Waals surface area contributed by atoms with E-state index in [9.17, 15) is 13.5 Å². The van der Waals surface area contributed by atoms with Gasteiger partial charge in [0.25, 0.3) is 0 Å². The molecule has 2 heterocycles. The maximum Gasteiger partial charge on any atom is 0.151 e. The van der Waals surface area contributed by atoms with Crippen LogP contribution in [0.25, 0.3) is 0 Å². The number of aryl methyl sites for hydroxylation is 2. The summed E-state index contributed by atoms with van der Waals surface area (Å²) in [5.41, 5.74) is 2.11. The van der Waals surface area contributed by atoms with Gasteiger partial charge in [0, 0.05) is 29.0 Å². The van der Waals surface area contributed by atoms with Crippen LogP contribution in [0.3, 0.4) is 0 Å². The maximum atomic E-state index is 11.9. The van der Waals surface area contributed by atoms with Crippen LogP contribution >= 0.6 is 22.9 Å². The van der Waals surface area contributed by atoms with Gasteiger partial charge in [0.15, 0.2) is 9.84 Å². The Kier molecular flexibility index (Phi) is 7.04. The molecule has 2 unspecified atom stereocenters. The molecule has 0 radical (unpaired) electrons. The molecule has 0 bridgehead atoms. The van der Waals surface area contributed by atoms with Crippen molar-refractivity contribution in [3.05, 3.63) is 50.7 Å². The number of benzene rings is 1. The summed E-state index contributed by atoms with van der Waals surface area (Å²) in [4.78, 5) is 3.29. The van der Waals surface area contributed by atoms with E-state index in [0.29, 0.717) is 30.3 Å². The van der Waals surface area contributed by atoms with Crippen LogP contribution in [0.4, 0.5) is 0 Å². The fourth-order valence-electron chi connectivity index (χ4n) is 3.38. The Morgan fingerprint density at radius 2 is 2.11 bits per heavy atom. The normalized spacial score (nSPS) is 19.8. The van der Waals surface area contributed by atoms with E-state index < -0.39 is 15.9 Å². The number of halogens is 1. The molecule has 1 aliphatic rings. The van der Waals surface area contributed by atoms with Gasteiger partial charge in [-0.3, -0.25) is 4.90 Å². The Labute approximate surface area is 175 Å². The predicted molar refractivity (Wildman–Crippen MR) is 114 cm³/mol. The molecule has 1 saturated heterocycles. The van der Waals surface area contributed by atoms with Gasteiger partial charge in [0.05, 0.1) is 11.5 Å². The lowest BCUT2D eigenvalue weighted by molar-refractivity contribution is 0.0528. The average molecular weight is 444 g/mol. The molecule has 154 valence electrons. The molecule has 0 saturated carbocycles. The number of thiophene rings is 1. The van der Waals surface area contributed by atoms with Crippen LogP contribution in [-0.4, -0.2) is 55.2 Å². The number of hydrogen-bond acceptors (Lipinski definition) is 6. The van der Waals surface area contributed by atoms with Crippen molar-refractivity contribution >= 4 is 32.8 Å². The molecule has 28 heavy (non-hydrogen) atoms. The Morgan fingerprint density at radius 1 is 1.32 bits per heavy atom. The zero-order chi connectivity index (χ0) is 20.3. The quantitative estimate of drug-likeness (QED) is 0.676. The lowest BCUT2D eigenvalue weighted by Gasteiger charge is -2.30. The Balaban J connectivity index is 1.64. The average Bonchev–Trinajstić information content (AvgIpc) is 3.20. The molecule has 0 amide bonds. The number of aliphatic hydroxyl groups is 1. The van der Waals surface area contributed by atoms with Gasteiger partial charge < -0.3 is 9.84 Å². The summed E-state index contributed by atoms with van der Waals surface area (Å²) >= 11 is 7.69. The van der Waals surface area contributed by atoms with E-state index in [0.717, 1.165) is 5.56 Å². The van der Waals surface area contributed by atoms with E-state index in [4.69, 9.17) is 16.3 Å². The van der Waals surface area contributed by atoms with Gasteiger partial charge in [-0.15, -0.1) is 11.3 Å². The van der Waals surface area contributed by atoms with Crippen LogP contribution in [-0.2, 0) is 16.4 Å². The molecule has 0 aliphatic carbocycles. The highest BCUT2D eigenvalue weighted by atomic mass is 35.5. The molecule has 1 aromatic heterocycles. The molecule has 5 nitrogen and oxygen atoms in total. The van der Waals surface area contributed by atoms with E-state index in [1.165, 1.54) is 10.4 Å². The van der Waals surface area contributed by atoms with Gasteiger partial charge in [0.1, 0.15) is 18.5 Å². The van der Waals surface area contributed by atoms with Crippen LogP contribution < -0.4 is 4.74 Å². The highest BCUT2D eigenvalue weighted by molar-refractivity contribution is 7.91. The topological polar surface area (TPSA) is 66.8 Å². The minimum Gasteiger partial charge on any atom is -0.491 e. The first-order chi connectivity index (χ1) is 13.2. The van der Waals surface area contributed by atoms with Crippen molar-refractivity contribution in [3.63, 3.8) is 0 Å². The monoisotopic (exact) mass is 443 g/mol.